The van der Waals surface area contributed by atoms with Crippen molar-refractivity contribution in [2.24, 2.45) is 11.7 Å². The fraction of sp³-hybridized carbons (Fsp3) is 0.588. The fourth-order valence-corrected chi connectivity index (χ4v) is 2.88. The highest BCUT2D eigenvalue weighted by atomic mass is 16.2. The minimum absolute atomic E-state index is 0.00794. The molecule has 0 bridgehead atoms. The van der Waals surface area contributed by atoms with Gasteiger partial charge in [-0.1, -0.05) is 25.5 Å². The monoisotopic (exact) mass is 289 g/mol. The Morgan fingerprint density at radius 1 is 1.43 bits per heavy atom. The second kappa shape index (κ2) is 7.46. The molecule has 116 valence electrons. The van der Waals surface area contributed by atoms with Gasteiger partial charge in [0.25, 0.3) is 0 Å². The Morgan fingerprint density at radius 3 is 2.95 bits per heavy atom. The molecule has 4 heteroatoms. The van der Waals surface area contributed by atoms with Gasteiger partial charge in [0.2, 0.25) is 0 Å². The third-order valence-electron chi connectivity index (χ3n) is 4.38. The predicted octanol–water partition coefficient (Wildman–Crippen LogP) is 3.75. The molecule has 2 rings (SSSR count). The van der Waals surface area contributed by atoms with Crippen molar-refractivity contribution in [2.75, 3.05) is 18.4 Å². The van der Waals surface area contributed by atoms with Gasteiger partial charge in [-0.15, -0.1) is 0 Å². The molecule has 0 saturated carbocycles. The minimum atomic E-state index is -0.0228. The summed E-state index contributed by atoms with van der Waals surface area (Å²) in [5, 5.41) is 3.00. The first-order valence-electron chi connectivity index (χ1n) is 8.01. The van der Waals surface area contributed by atoms with E-state index < -0.39 is 0 Å². The SMILES string of the molecule is CCC1CCCN(C(=O)Nc2cccc(C(C)N)c2)CC1. The fourth-order valence-electron chi connectivity index (χ4n) is 2.88. The van der Waals surface area contributed by atoms with Crippen molar-refractivity contribution >= 4 is 11.7 Å². The van der Waals surface area contributed by atoms with E-state index in [0.717, 1.165) is 43.1 Å². The van der Waals surface area contributed by atoms with E-state index in [-0.39, 0.29) is 12.1 Å². The summed E-state index contributed by atoms with van der Waals surface area (Å²) in [7, 11) is 0. The molecule has 3 N–H and O–H groups in total. The number of hydrogen-bond donors (Lipinski definition) is 2. The number of nitrogens with two attached hydrogens (primary N) is 1. The molecule has 1 heterocycles. The summed E-state index contributed by atoms with van der Waals surface area (Å²) >= 11 is 0. The second-order valence-electron chi connectivity index (χ2n) is 6.04. The predicted molar refractivity (Wildman–Crippen MR) is 87.3 cm³/mol. The molecule has 4 nitrogen and oxygen atoms in total. The Balaban J connectivity index is 1.96. The number of carbonyl (C=O) groups is 1. The van der Waals surface area contributed by atoms with Crippen molar-refractivity contribution in [3.63, 3.8) is 0 Å². The zero-order chi connectivity index (χ0) is 15.2. The van der Waals surface area contributed by atoms with Gasteiger partial charge in [0, 0.05) is 24.8 Å². The summed E-state index contributed by atoms with van der Waals surface area (Å²) in [5.74, 6) is 0.768. The summed E-state index contributed by atoms with van der Waals surface area (Å²) in [6.45, 7) is 5.90. The number of amides is 2. The lowest BCUT2D eigenvalue weighted by Crippen LogP contribution is -2.35. The van der Waals surface area contributed by atoms with Crippen LogP contribution in [-0.2, 0) is 0 Å². The van der Waals surface area contributed by atoms with Crippen LogP contribution < -0.4 is 11.1 Å². The van der Waals surface area contributed by atoms with Crippen molar-refractivity contribution in [2.45, 2.75) is 45.6 Å². The first kappa shape index (κ1) is 15.8. The molecule has 0 aliphatic carbocycles. The molecule has 2 amide bonds. The largest absolute Gasteiger partial charge is 0.325 e. The van der Waals surface area contributed by atoms with Gasteiger partial charge in [0.1, 0.15) is 0 Å². The summed E-state index contributed by atoms with van der Waals surface area (Å²) in [6.07, 6.45) is 4.67. The number of anilines is 1. The molecule has 2 atom stereocenters. The second-order valence-corrected chi connectivity index (χ2v) is 6.04. The van der Waals surface area contributed by atoms with Crippen LogP contribution in [0.2, 0.25) is 0 Å². The highest BCUT2D eigenvalue weighted by Gasteiger charge is 2.19. The van der Waals surface area contributed by atoms with E-state index in [4.69, 9.17) is 5.73 Å². The molecule has 0 radical (unpaired) electrons. The van der Waals surface area contributed by atoms with Gasteiger partial charge in [0.15, 0.2) is 0 Å². The Bertz CT molecular complexity index is 473. The Kier molecular flexibility index (Phi) is 5.62. The smallest absolute Gasteiger partial charge is 0.321 e. The maximum atomic E-state index is 12.4. The number of benzene rings is 1. The van der Waals surface area contributed by atoms with Crippen LogP contribution in [0.25, 0.3) is 0 Å². The minimum Gasteiger partial charge on any atom is -0.325 e. The first-order valence-corrected chi connectivity index (χ1v) is 8.01. The third kappa shape index (κ3) is 4.46. The van der Waals surface area contributed by atoms with Crippen molar-refractivity contribution in [3.8, 4) is 0 Å². The molecule has 1 aliphatic rings. The van der Waals surface area contributed by atoms with Crippen LogP contribution in [0.15, 0.2) is 24.3 Å². The van der Waals surface area contributed by atoms with Gasteiger partial charge in [-0.2, -0.15) is 0 Å². The van der Waals surface area contributed by atoms with Crippen molar-refractivity contribution in [1.29, 1.82) is 0 Å². The number of rotatable bonds is 3. The van der Waals surface area contributed by atoms with E-state index in [0.29, 0.717) is 0 Å². The molecular weight excluding hydrogens is 262 g/mol. The van der Waals surface area contributed by atoms with Gasteiger partial charge in [0.05, 0.1) is 0 Å². The zero-order valence-electron chi connectivity index (χ0n) is 13.1. The standard InChI is InChI=1S/C17H27N3O/c1-3-14-6-5-10-20(11-9-14)17(21)19-16-8-4-7-15(12-16)13(2)18/h4,7-8,12-14H,3,5-6,9-11,18H2,1-2H3,(H,19,21). The maximum absolute atomic E-state index is 12.4. The van der Waals surface area contributed by atoms with E-state index in [1.807, 2.05) is 36.1 Å². The normalized spacial score (nSPS) is 20.7. The average Bonchev–Trinajstić information content (AvgIpc) is 2.73. The zero-order valence-corrected chi connectivity index (χ0v) is 13.1. The molecule has 2 unspecified atom stereocenters. The average molecular weight is 289 g/mol. The third-order valence-corrected chi connectivity index (χ3v) is 4.38. The molecule has 21 heavy (non-hydrogen) atoms. The maximum Gasteiger partial charge on any atom is 0.321 e. The van der Waals surface area contributed by atoms with Crippen molar-refractivity contribution < 1.29 is 4.79 Å². The Morgan fingerprint density at radius 2 is 2.24 bits per heavy atom. The van der Waals surface area contributed by atoms with E-state index >= 15 is 0 Å². The van der Waals surface area contributed by atoms with E-state index in [1.165, 1.54) is 12.8 Å². The van der Waals surface area contributed by atoms with E-state index in [1.54, 1.807) is 0 Å². The molecule has 1 aromatic rings. The molecule has 0 aromatic heterocycles. The number of nitrogens with zero attached hydrogens (tertiary/aromatic N) is 1. The number of nitrogens with one attached hydrogen (secondary N) is 1. The quantitative estimate of drug-likeness (QED) is 0.890. The van der Waals surface area contributed by atoms with E-state index in [2.05, 4.69) is 12.2 Å². The van der Waals surface area contributed by atoms with Gasteiger partial charge in [-0.25, -0.2) is 4.79 Å². The van der Waals surface area contributed by atoms with Crippen LogP contribution in [0.1, 0.15) is 51.1 Å². The summed E-state index contributed by atoms with van der Waals surface area (Å²) in [5.41, 5.74) is 7.75. The van der Waals surface area contributed by atoms with Crippen LogP contribution in [0.4, 0.5) is 10.5 Å². The topological polar surface area (TPSA) is 58.4 Å². The molecule has 1 aromatic carbocycles. The summed E-state index contributed by atoms with van der Waals surface area (Å²) in [4.78, 5) is 14.3. The number of likely N-dealkylation sites (tertiary alicyclic amines) is 1. The van der Waals surface area contributed by atoms with Crippen molar-refractivity contribution in [3.05, 3.63) is 29.8 Å². The molecule has 1 fully saturated rings. The van der Waals surface area contributed by atoms with Crippen LogP contribution in [0, 0.1) is 5.92 Å². The number of carbonyl (C=O) groups excluding carboxylic acids is 1. The molecular formula is C17H27N3O. The van der Waals surface area contributed by atoms with E-state index in [9.17, 15) is 4.79 Å². The lowest BCUT2D eigenvalue weighted by atomic mass is 9.98. The molecule has 0 spiro atoms. The van der Waals surface area contributed by atoms with Crippen LogP contribution in [0.5, 0.6) is 0 Å². The molecule has 1 aliphatic heterocycles. The lowest BCUT2D eigenvalue weighted by molar-refractivity contribution is 0.213. The Labute approximate surface area is 127 Å². The number of hydrogen-bond acceptors (Lipinski definition) is 2. The highest BCUT2D eigenvalue weighted by Crippen LogP contribution is 2.21. The highest BCUT2D eigenvalue weighted by molar-refractivity contribution is 5.89. The first-order chi connectivity index (χ1) is 10.1. The Hall–Kier alpha value is -1.55. The summed E-state index contributed by atoms with van der Waals surface area (Å²) in [6, 6.07) is 7.77. The van der Waals surface area contributed by atoms with Crippen LogP contribution >= 0.6 is 0 Å². The van der Waals surface area contributed by atoms with Crippen LogP contribution in [-0.4, -0.2) is 24.0 Å². The number of urea groups is 1. The lowest BCUT2D eigenvalue weighted by Gasteiger charge is -2.21. The van der Waals surface area contributed by atoms with Gasteiger partial charge >= 0.3 is 6.03 Å². The summed E-state index contributed by atoms with van der Waals surface area (Å²) < 4.78 is 0. The van der Waals surface area contributed by atoms with Gasteiger partial charge in [-0.05, 0) is 49.8 Å². The van der Waals surface area contributed by atoms with Gasteiger partial charge < -0.3 is 16.0 Å². The van der Waals surface area contributed by atoms with Gasteiger partial charge in [-0.3, -0.25) is 0 Å². The van der Waals surface area contributed by atoms with Crippen molar-refractivity contribution in [1.82, 2.24) is 4.90 Å². The van der Waals surface area contributed by atoms with Crippen LogP contribution in [0.3, 0.4) is 0 Å². The molecule has 1 saturated heterocycles.